The third-order valence-corrected chi connectivity index (χ3v) is 5.06. The highest BCUT2D eigenvalue weighted by Crippen LogP contribution is 2.25. The van der Waals surface area contributed by atoms with Crippen LogP contribution in [0.2, 0.25) is 0 Å². The van der Waals surface area contributed by atoms with E-state index in [-0.39, 0.29) is 11.8 Å². The predicted molar refractivity (Wildman–Crippen MR) is 113 cm³/mol. The van der Waals surface area contributed by atoms with Crippen LogP contribution in [-0.4, -0.2) is 20.2 Å². The molecule has 0 unspecified atom stereocenters. The fraction of sp³-hybridized carbons (Fsp3) is 0.217. The zero-order chi connectivity index (χ0) is 21.1. The maximum Gasteiger partial charge on any atom is 0.247 e. The van der Waals surface area contributed by atoms with Gasteiger partial charge in [0.15, 0.2) is 0 Å². The highest BCUT2D eigenvalue weighted by molar-refractivity contribution is 5.66. The van der Waals surface area contributed by atoms with Crippen LogP contribution >= 0.6 is 0 Å². The Balaban J connectivity index is 1.44. The van der Waals surface area contributed by atoms with Crippen molar-refractivity contribution in [3.05, 3.63) is 77.1 Å². The van der Waals surface area contributed by atoms with Crippen molar-refractivity contribution in [2.45, 2.75) is 33.1 Å². The molecule has 152 valence electrons. The number of halogens is 1. The summed E-state index contributed by atoms with van der Waals surface area (Å²) in [4.78, 5) is 8.78. The van der Waals surface area contributed by atoms with Gasteiger partial charge >= 0.3 is 0 Å². The Morgan fingerprint density at radius 2 is 1.77 bits per heavy atom. The number of aryl methyl sites for hydroxylation is 3. The molecular formula is C23H22FN5O. The SMILES string of the molecule is Cc1cccc(-c2cc(CCCc3nnc(-c4ccc(F)cc4)o3)nc(N)n2)c1C. The summed E-state index contributed by atoms with van der Waals surface area (Å²) in [7, 11) is 0. The highest BCUT2D eigenvalue weighted by atomic mass is 19.1. The van der Waals surface area contributed by atoms with Gasteiger partial charge in [0, 0.05) is 23.2 Å². The summed E-state index contributed by atoms with van der Waals surface area (Å²) in [5.41, 5.74) is 11.8. The monoisotopic (exact) mass is 403 g/mol. The molecule has 6 nitrogen and oxygen atoms in total. The second-order valence-corrected chi connectivity index (χ2v) is 7.21. The van der Waals surface area contributed by atoms with Crippen LogP contribution in [0.5, 0.6) is 0 Å². The molecule has 0 fully saturated rings. The minimum absolute atomic E-state index is 0.264. The molecule has 0 saturated carbocycles. The molecule has 30 heavy (non-hydrogen) atoms. The first-order valence-corrected chi connectivity index (χ1v) is 9.78. The van der Waals surface area contributed by atoms with Gasteiger partial charge in [-0.3, -0.25) is 0 Å². The minimum atomic E-state index is -0.303. The Labute approximate surface area is 174 Å². The van der Waals surface area contributed by atoms with Crippen LogP contribution in [0.25, 0.3) is 22.7 Å². The normalized spacial score (nSPS) is 11.0. The van der Waals surface area contributed by atoms with Gasteiger partial charge in [0.2, 0.25) is 17.7 Å². The van der Waals surface area contributed by atoms with Crippen LogP contribution in [0.3, 0.4) is 0 Å². The Morgan fingerprint density at radius 3 is 2.57 bits per heavy atom. The smallest absolute Gasteiger partial charge is 0.247 e. The molecule has 2 aromatic heterocycles. The first kappa shape index (κ1) is 19.7. The lowest BCUT2D eigenvalue weighted by Crippen LogP contribution is -2.02. The molecule has 0 amide bonds. The van der Waals surface area contributed by atoms with Crippen LogP contribution in [0.15, 0.2) is 52.9 Å². The molecule has 7 heteroatoms. The lowest BCUT2D eigenvalue weighted by Gasteiger charge is -2.10. The van der Waals surface area contributed by atoms with Crippen LogP contribution in [-0.2, 0) is 12.8 Å². The summed E-state index contributed by atoms with van der Waals surface area (Å²) < 4.78 is 18.7. The molecule has 0 atom stereocenters. The average Bonchev–Trinajstić information content (AvgIpc) is 3.19. The van der Waals surface area contributed by atoms with Crippen molar-refractivity contribution in [3.63, 3.8) is 0 Å². The summed E-state index contributed by atoms with van der Waals surface area (Å²) in [6, 6.07) is 14.1. The van der Waals surface area contributed by atoms with E-state index in [4.69, 9.17) is 10.2 Å². The van der Waals surface area contributed by atoms with Crippen molar-refractivity contribution in [1.82, 2.24) is 20.2 Å². The molecule has 2 N–H and O–H groups in total. The molecule has 2 heterocycles. The van der Waals surface area contributed by atoms with Gasteiger partial charge in [-0.15, -0.1) is 10.2 Å². The molecule has 0 saturated heterocycles. The van der Waals surface area contributed by atoms with Gasteiger partial charge in [-0.1, -0.05) is 18.2 Å². The number of rotatable bonds is 6. The Kier molecular flexibility index (Phi) is 5.52. The average molecular weight is 403 g/mol. The van der Waals surface area contributed by atoms with Crippen molar-refractivity contribution >= 4 is 5.95 Å². The maximum atomic E-state index is 13.1. The van der Waals surface area contributed by atoms with E-state index in [9.17, 15) is 4.39 Å². The largest absolute Gasteiger partial charge is 0.421 e. The highest BCUT2D eigenvalue weighted by Gasteiger charge is 2.11. The summed E-state index contributed by atoms with van der Waals surface area (Å²) in [5.74, 6) is 0.877. The fourth-order valence-corrected chi connectivity index (χ4v) is 3.30. The van der Waals surface area contributed by atoms with E-state index < -0.39 is 0 Å². The zero-order valence-corrected chi connectivity index (χ0v) is 16.9. The maximum absolute atomic E-state index is 13.1. The number of nitrogens with two attached hydrogens (primary N) is 1. The van der Waals surface area contributed by atoms with E-state index in [0.29, 0.717) is 30.2 Å². The molecule has 0 bridgehead atoms. The fourth-order valence-electron chi connectivity index (χ4n) is 3.30. The number of nitrogens with zero attached hydrogens (tertiary/aromatic N) is 4. The van der Waals surface area contributed by atoms with Gasteiger partial charge < -0.3 is 10.2 Å². The van der Waals surface area contributed by atoms with Crippen LogP contribution < -0.4 is 5.73 Å². The first-order valence-electron chi connectivity index (χ1n) is 9.78. The summed E-state index contributed by atoms with van der Waals surface area (Å²) in [5, 5.41) is 8.13. The molecule has 2 aromatic carbocycles. The predicted octanol–water partition coefficient (Wildman–Crippen LogP) is 4.71. The van der Waals surface area contributed by atoms with Gasteiger partial charge in [0.05, 0.1) is 5.69 Å². The second-order valence-electron chi connectivity index (χ2n) is 7.21. The third-order valence-electron chi connectivity index (χ3n) is 5.06. The van der Waals surface area contributed by atoms with E-state index in [2.05, 4.69) is 40.1 Å². The number of aromatic nitrogens is 4. The topological polar surface area (TPSA) is 90.7 Å². The molecule has 0 spiro atoms. The van der Waals surface area contributed by atoms with E-state index in [1.165, 1.54) is 23.3 Å². The number of hydrogen-bond donors (Lipinski definition) is 1. The van der Waals surface area contributed by atoms with Crippen molar-refractivity contribution in [2.75, 3.05) is 5.73 Å². The summed E-state index contributed by atoms with van der Waals surface area (Å²) in [6.45, 7) is 4.16. The lowest BCUT2D eigenvalue weighted by atomic mass is 10.00. The Bertz CT molecular complexity index is 1170. The van der Waals surface area contributed by atoms with Crippen LogP contribution in [0.4, 0.5) is 10.3 Å². The Hall–Kier alpha value is -3.61. The molecule has 4 rings (SSSR count). The van der Waals surface area contributed by atoms with Crippen molar-refractivity contribution in [3.8, 4) is 22.7 Å². The molecular weight excluding hydrogens is 381 g/mol. The van der Waals surface area contributed by atoms with Crippen molar-refractivity contribution < 1.29 is 8.81 Å². The molecule has 4 aromatic rings. The molecule has 0 aliphatic heterocycles. The number of nitrogen functional groups attached to an aromatic ring is 1. The minimum Gasteiger partial charge on any atom is -0.421 e. The van der Waals surface area contributed by atoms with E-state index in [1.54, 1.807) is 12.1 Å². The van der Waals surface area contributed by atoms with Gasteiger partial charge in [-0.05, 0) is 68.1 Å². The molecule has 0 aliphatic carbocycles. The molecule has 0 radical (unpaired) electrons. The summed E-state index contributed by atoms with van der Waals surface area (Å²) in [6.07, 6.45) is 2.09. The quantitative estimate of drug-likeness (QED) is 0.501. The van der Waals surface area contributed by atoms with Crippen LogP contribution in [0, 0.1) is 19.7 Å². The number of hydrogen-bond acceptors (Lipinski definition) is 6. The second kappa shape index (κ2) is 8.41. The Morgan fingerprint density at radius 1 is 0.967 bits per heavy atom. The van der Waals surface area contributed by atoms with Gasteiger partial charge in [-0.25, -0.2) is 14.4 Å². The van der Waals surface area contributed by atoms with Gasteiger partial charge in [-0.2, -0.15) is 0 Å². The van der Waals surface area contributed by atoms with Gasteiger partial charge in [0.1, 0.15) is 5.82 Å². The zero-order valence-electron chi connectivity index (χ0n) is 16.9. The van der Waals surface area contributed by atoms with E-state index in [0.717, 1.165) is 23.4 Å². The standard InChI is InChI=1S/C23H22FN5O/c1-14-5-3-7-19(15(14)2)20-13-18(26-23(25)27-20)6-4-8-21-28-29-22(30-21)16-9-11-17(24)12-10-16/h3,5,7,9-13H,4,6,8H2,1-2H3,(H2,25,26,27). The van der Waals surface area contributed by atoms with Crippen molar-refractivity contribution in [2.24, 2.45) is 0 Å². The first-order chi connectivity index (χ1) is 14.5. The van der Waals surface area contributed by atoms with Crippen LogP contribution in [0.1, 0.15) is 29.1 Å². The third kappa shape index (κ3) is 4.35. The molecule has 0 aliphatic rings. The lowest BCUT2D eigenvalue weighted by molar-refractivity contribution is 0.497. The van der Waals surface area contributed by atoms with E-state index >= 15 is 0 Å². The van der Waals surface area contributed by atoms with Gasteiger partial charge in [0.25, 0.3) is 0 Å². The number of anilines is 1. The number of benzene rings is 2. The van der Waals surface area contributed by atoms with E-state index in [1.807, 2.05) is 18.2 Å². The van der Waals surface area contributed by atoms with Crippen molar-refractivity contribution in [1.29, 1.82) is 0 Å². The summed E-state index contributed by atoms with van der Waals surface area (Å²) >= 11 is 0.